The van der Waals surface area contributed by atoms with Crippen LogP contribution in [0.5, 0.6) is 5.75 Å². The summed E-state index contributed by atoms with van der Waals surface area (Å²) in [4.78, 5) is 24.1. The lowest BCUT2D eigenvalue weighted by Crippen LogP contribution is -2.39. The fourth-order valence-corrected chi connectivity index (χ4v) is 4.06. The standard InChI is InChI=1S/C25H37NO7/c27-15-18(16-28)26-25(32)11-7-2-1-6-10-21-22(24(31)14-23(21)30)13-12-19(29)17-33-20-8-4-3-5-9-20/h3-5,8-9,12-13,18-19,21-23,27-30H,1-2,6-7,10-11,14-17H2,(H,26,32)/b13-12+/t19?,21?,22?,23-/m0/s1. The number of allylic oxidation sites excluding steroid dienone is 1. The van der Waals surface area contributed by atoms with Gasteiger partial charge in [-0.05, 0) is 30.9 Å². The first-order valence-electron chi connectivity index (χ1n) is 11.7. The van der Waals surface area contributed by atoms with E-state index in [-0.39, 0.29) is 43.8 Å². The number of para-hydroxylation sites is 1. The molecule has 2 rings (SSSR count). The van der Waals surface area contributed by atoms with E-state index in [0.717, 1.165) is 19.3 Å². The molecule has 1 saturated carbocycles. The zero-order valence-corrected chi connectivity index (χ0v) is 19.0. The predicted molar refractivity (Wildman–Crippen MR) is 123 cm³/mol. The van der Waals surface area contributed by atoms with Crippen LogP contribution in [0.3, 0.4) is 0 Å². The van der Waals surface area contributed by atoms with Crippen molar-refractivity contribution in [2.24, 2.45) is 11.8 Å². The Labute approximate surface area is 195 Å². The molecule has 0 aromatic heterocycles. The minimum absolute atomic E-state index is 0.0149. The van der Waals surface area contributed by atoms with Gasteiger partial charge in [0, 0.05) is 18.8 Å². The second-order valence-corrected chi connectivity index (χ2v) is 8.59. The Morgan fingerprint density at radius 2 is 1.82 bits per heavy atom. The van der Waals surface area contributed by atoms with E-state index in [2.05, 4.69) is 5.32 Å². The van der Waals surface area contributed by atoms with Gasteiger partial charge in [0.25, 0.3) is 0 Å². The largest absolute Gasteiger partial charge is 0.491 e. The number of hydrogen-bond donors (Lipinski definition) is 5. The van der Waals surface area contributed by atoms with Crippen molar-refractivity contribution in [3.8, 4) is 5.75 Å². The molecule has 1 fully saturated rings. The fraction of sp³-hybridized carbons (Fsp3) is 0.600. The number of aliphatic hydroxyl groups is 4. The van der Waals surface area contributed by atoms with Gasteiger partial charge in [-0.15, -0.1) is 0 Å². The topological polar surface area (TPSA) is 136 Å². The van der Waals surface area contributed by atoms with Gasteiger partial charge < -0.3 is 30.5 Å². The summed E-state index contributed by atoms with van der Waals surface area (Å²) in [5.41, 5.74) is 0. The Morgan fingerprint density at radius 1 is 1.12 bits per heavy atom. The first kappa shape index (κ1) is 27.0. The smallest absolute Gasteiger partial charge is 0.220 e. The lowest BCUT2D eigenvalue weighted by Gasteiger charge is -2.19. The molecule has 3 unspecified atom stereocenters. The molecule has 184 valence electrons. The number of nitrogens with one attached hydrogen (secondary N) is 1. The number of rotatable bonds is 15. The maximum absolute atomic E-state index is 12.3. The summed E-state index contributed by atoms with van der Waals surface area (Å²) in [5.74, 6) is -0.131. The molecule has 0 aliphatic heterocycles. The number of amides is 1. The van der Waals surface area contributed by atoms with E-state index in [4.69, 9.17) is 14.9 Å². The van der Waals surface area contributed by atoms with Crippen LogP contribution in [0, 0.1) is 11.8 Å². The van der Waals surface area contributed by atoms with Crippen LogP contribution in [-0.2, 0) is 9.59 Å². The summed E-state index contributed by atoms with van der Waals surface area (Å²) in [7, 11) is 0. The van der Waals surface area contributed by atoms with Crippen LogP contribution in [-0.4, -0.2) is 70.2 Å². The van der Waals surface area contributed by atoms with E-state index in [1.54, 1.807) is 24.3 Å². The first-order valence-corrected chi connectivity index (χ1v) is 11.7. The number of aliphatic hydroxyl groups excluding tert-OH is 4. The quantitative estimate of drug-likeness (QED) is 0.196. The summed E-state index contributed by atoms with van der Waals surface area (Å²) in [5, 5.41) is 41.0. The van der Waals surface area contributed by atoms with E-state index >= 15 is 0 Å². The number of carbonyl (C=O) groups is 2. The molecule has 33 heavy (non-hydrogen) atoms. The highest BCUT2D eigenvalue weighted by Gasteiger charge is 2.39. The van der Waals surface area contributed by atoms with Gasteiger partial charge in [0.1, 0.15) is 24.2 Å². The third-order valence-electron chi connectivity index (χ3n) is 5.94. The van der Waals surface area contributed by atoms with Gasteiger partial charge in [-0.1, -0.05) is 49.6 Å². The molecule has 0 saturated heterocycles. The maximum atomic E-state index is 12.3. The average molecular weight is 464 g/mol. The van der Waals surface area contributed by atoms with Gasteiger partial charge in [-0.3, -0.25) is 9.59 Å². The molecule has 1 aliphatic rings. The van der Waals surface area contributed by atoms with Crippen LogP contribution < -0.4 is 10.1 Å². The van der Waals surface area contributed by atoms with Crippen LogP contribution in [0.2, 0.25) is 0 Å². The fourth-order valence-electron chi connectivity index (χ4n) is 4.06. The lowest BCUT2D eigenvalue weighted by molar-refractivity contribution is -0.122. The Hall–Kier alpha value is -2.26. The zero-order valence-electron chi connectivity index (χ0n) is 19.0. The molecule has 1 amide bonds. The molecule has 8 nitrogen and oxygen atoms in total. The van der Waals surface area contributed by atoms with Gasteiger partial charge in [0.2, 0.25) is 5.91 Å². The van der Waals surface area contributed by atoms with Crippen molar-refractivity contribution in [2.75, 3.05) is 19.8 Å². The highest BCUT2D eigenvalue weighted by atomic mass is 16.5. The van der Waals surface area contributed by atoms with Crippen molar-refractivity contribution in [2.45, 2.75) is 63.2 Å². The lowest BCUT2D eigenvalue weighted by atomic mass is 9.88. The van der Waals surface area contributed by atoms with Gasteiger partial charge in [0.05, 0.1) is 25.4 Å². The molecule has 0 heterocycles. The van der Waals surface area contributed by atoms with Gasteiger partial charge >= 0.3 is 0 Å². The monoisotopic (exact) mass is 463 g/mol. The van der Waals surface area contributed by atoms with Crippen LogP contribution in [0.1, 0.15) is 44.9 Å². The number of benzene rings is 1. The SMILES string of the molecule is O=C(CCCCCCC1C(/C=C/C(O)COc2ccccc2)C(=O)C[C@@H]1O)NC(CO)CO. The highest BCUT2D eigenvalue weighted by Crippen LogP contribution is 2.34. The van der Waals surface area contributed by atoms with Crippen LogP contribution in [0.25, 0.3) is 0 Å². The predicted octanol–water partition coefficient (Wildman–Crippen LogP) is 1.36. The molecule has 1 aromatic rings. The molecular formula is C25H37NO7. The van der Waals surface area contributed by atoms with Crippen molar-refractivity contribution in [3.05, 3.63) is 42.5 Å². The molecule has 0 bridgehead atoms. The minimum atomic E-state index is -0.848. The van der Waals surface area contributed by atoms with Crippen molar-refractivity contribution < 1.29 is 34.8 Å². The molecule has 8 heteroatoms. The maximum Gasteiger partial charge on any atom is 0.220 e. The molecule has 1 aromatic carbocycles. The Kier molecular flexibility index (Phi) is 12.1. The van der Waals surface area contributed by atoms with Crippen LogP contribution in [0.4, 0.5) is 0 Å². The van der Waals surface area contributed by atoms with E-state index in [0.29, 0.717) is 25.0 Å². The number of Topliss-reactive ketones (excluding diaryl/α,β-unsaturated/α-hetero) is 1. The third kappa shape index (κ3) is 9.63. The molecule has 1 aliphatic carbocycles. The summed E-state index contributed by atoms with van der Waals surface area (Å²) in [6.45, 7) is -0.506. The van der Waals surface area contributed by atoms with E-state index < -0.39 is 24.2 Å². The van der Waals surface area contributed by atoms with E-state index in [1.807, 2.05) is 18.2 Å². The van der Waals surface area contributed by atoms with Crippen molar-refractivity contribution in [3.63, 3.8) is 0 Å². The summed E-state index contributed by atoms with van der Waals surface area (Å²) in [6.07, 6.45) is 6.14. The first-order chi connectivity index (χ1) is 15.9. The number of ether oxygens (including phenoxy) is 1. The van der Waals surface area contributed by atoms with Gasteiger partial charge in [-0.25, -0.2) is 0 Å². The van der Waals surface area contributed by atoms with Gasteiger partial charge in [-0.2, -0.15) is 0 Å². The average Bonchev–Trinajstić information content (AvgIpc) is 3.09. The summed E-state index contributed by atoms with van der Waals surface area (Å²) in [6, 6.07) is 8.56. The third-order valence-corrected chi connectivity index (χ3v) is 5.94. The Bertz CT molecular complexity index is 736. The second-order valence-electron chi connectivity index (χ2n) is 8.59. The summed E-state index contributed by atoms with van der Waals surface area (Å²) < 4.78 is 5.52. The van der Waals surface area contributed by atoms with Crippen molar-refractivity contribution in [1.29, 1.82) is 0 Å². The van der Waals surface area contributed by atoms with Crippen LogP contribution >= 0.6 is 0 Å². The number of unbranched alkanes of at least 4 members (excludes halogenated alkanes) is 3. The highest BCUT2D eigenvalue weighted by molar-refractivity contribution is 5.86. The molecule has 0 radical (unpaired) electrons. The Balaban J connectivity index is 1.69. The molecule has 0 spiro atoms. The number of ketones is 1. The molecular weight excluding hydrogens is 426 g/mol. The number of carbonyl (C=O) groups excluding carboxylic acids is 2. The van der Waals surface area contributed by atoms with Crippen molar-refractivity contribution >= 4 is 11.7 Å². The zero-order chi connectivity index (χ0) is 24.1. The van der Waals surface area contributed by atoms with E-state index in [1.165, 1.54) is 0 Å². The van der Waals surface area contributed by atoms with Gasteiger partial charge in [0.15, 0.2) is 0 Å². The summed E-state index contributed by atoms with van der Waals surface area (Å²) >= 11 is 0. The number of hydrogen-bond acceptors (Lipinski definition) is 7. The molecule has 5 N–H and O–H groups in total. The molecule has 4 atom stereocenters. The minimum Gasteiger partial charge on any atom is -0.491 e. The van der Waals surface area contributed by atoms with E-state index in [9.17, 15) is 19.8 Å². The van der Waals surface area contributed by atoms with Crippen LogP contribution in [0.15, 0.2) is 42.5 Å². The van der Waals surface area contributed by atoms with Crippen molar-refractivity contribution in [1.82, 2.24) is 5.32 Å². The normalized spacial score (nSPS) is 21.6. The second kappa shape index (κ2) is 14.8. The Morgan fingerprint density at radius 3 is 2.52 bits per heavy atom.